The van der Waals surface area contributed by atoms with Crippen molar-refractivity contribution in [2.24, 2.45) is 0 Å². The van der Waals surface area contributed by atoms with Gasteiger partial charge >= 0.3 is 0 Å². The molecular weight excluding hydrogens is 264 g/mol. The lowest BCUT2D eigenvalue weighted by Crippen LogP contribution is -2.04. The van der Waals surface area contributed by atoms with Gasteiger partial charge in [0, 0.05) is 29.5 Å². The third-order valence-corrected chi connectivity index (χ3v) is 3.25. The molecule has 0 unspecified atom stereocenters. The molecule has 4 rings (SSSR count). The average Bonchev–Trinajstić information content (AvgIpc) is 3.03. The molecule has 3 aromatic heterocycles. The fraction of sp³-hybridized carbons (Fsp3) is 0.188. The molecule has 0 saturated heterocycles. The minimum atomic E-state index is 0.0399. The number of nitrogens with zero attached hydrogens (tertiary/aromatic N) is 2. The van der Waals surface area contributed by atoms with Crippen LogP contribution in [0.5, 0.6) is 0 Å². The maximum atomic E-state index is 10.9. The number of hydrogen-bond donors (Lipinski definition) is 2. The van der Waals surface area contributed by atoms with Gasteiger partial charge in [-0.1, -0.05) is 6.07 Å². The van der Waals surface area contributed by atoms with E-state index in [1.165, 1.54) is 10.9 Å². The molecule has 21 heavy (non-hydrogen) atoms. The molecule has 3 aromatic rings. The van der Waals surface area contributed by atoms with Crippen molar-refractivity contribution in [3.63, 3.8) is 0 Å². The third kappa shape index (κ3) is 2.91. The number of carbonyl (C=O) groups excluding carboxylic acids is 1. The second-order valence-corrected chi connectivity index (χ2v) is 5.17. The van der Waals surface area contributed by atoms with Gasteiger partial charge in [0.1, 0.15) is 11.5 Å². The Morgan fingerprint density at radius 1 is 1.10 bits per heavy atom. The van der Waals surface area contributed by atoms with E-state index >= 15 is 0 Å². The summed E-state index contributed by atoms with van der Waals surface area (Å²) >= 11 is 0. The zero-order valence-electron chi connectivity index (χ0n) is 12.0. The highest BCUT2D eigenvalue weighted by Gasteiger charge is 2.17. The highest BCUT2D eigenvalue weighted by atomic mass is 16.1. The number of pyridine rings is 2. The van der Waals surface area contributed by atoms with Crippen LogP contribution in [0.25, 0.3) is 11.0 Å². The van der Waals surface area contributed by atoms with E-state index < -0.39 is 0 Å². The number of carbonyl (C=O) groups is 1. The Hall–Kier alpha value is -2.69. The molecule has 0 radical (unpaired) electrons. The quantitative estimate of drug-likeness (QED) is 0.665. The third-order valence-electron chi connectivity index (χ3n) is 3.25. The van der Waals surface area contributed by atoms with Gasteiger partial charge in [-0.05, 0) is 37.1 Å². The van der Waals surface area contributed by atoms with E-state index in [1.807, 2.05) is 38.4 Å². The predicted octanol–water partition coefficient (Wildman–Crippen LogP) is 2.76. The second kappa shape index (κ2) is 5.36. The number of rotatable bonds is 0. The minimum Gasteiger partial charge on any atom is -0.346 e. The molecule has 0 aliphatic carbocycles. The molecule has 0 bridgehead atoms. The van der Waals surface area contributed by atoms with Gasteiger partial charge in [0.15, 0.2) is 0 Å². The average molecular weight is 280 g/mol. The first kappa shape index (κ1) is 13.3. The van der Waals surface area contributed by atoms with Crippen LogP contribution in [0.3, 0.4) is 0 Å². The van der Waals surface area contributed by atoms with E-state index in [0.29, 0.717) is 6.42 Å². The van der Waals surface area contributed by atoms with Gasteiger partial charge in [-0.25, -0.2) is 9.97 Å². The molecule has 106 valence electrons. The molecule has 1 aliphatic heterocycles. The first-order valence-electron chi connectivity index (χ1n) is 6.77. The van der Waals surface area contributed by atoms with Gasteiger partial charge in [0.05, 0.1) is 6.42 Å². The normalized spacial score (nSPS) is 12.6. The van der Waals surface area contributed by atoms with Crippen molar-refractivity contribution in [2.45, 2.75) is 20.3 Å². The summed E-state index contributed by atoms with van der Waals surface area (Å²) < 4.78 is 0. The molecule has 1 amide bonds. The van der Waals surface area contributed by atoms with Crippen LogP contribution in [0.15, 0.2) is 36.8 Å². The first-order valence-corrected chi connectivity index (χ1v) is 6.77. The van der Waals surface area contributed by atoms with Gasteiger partial charge in [-0.15, -0.1) is 0 Å². The molecule has 4 heterocycles. The lowest BCUT2D eigenvalue weighted by Gasteiger charge is -1.96. The van der Waals surface area contributed by atoms with Crippen LogP contribution in [0.2, 0.25) is 0 Å². The Bertz CT molecular complexity index is 807. The van der Waals surface area contributed by atoms with Crippen molar-refractivity contribution in [2.75, 3.05) is 5.32 Å². The monoisotopic (exact) mass is 280 g/mol. The summed E-state index contributed by atoms with van der Waals surface area (Å²) in [6.45, 7) is 4.01. The van der Waals surface area contributed by atoms with E-state index in [2.05, 4.69) is 26.3 Å². The van der Waals surface area contributed by atoms with Crippen molar-refractivity contribution in [3.8, 4) is 0 Å². The smallest absolute Gasteiger partial charge is 0.230 e. The molecule has 2 N–H and O–H groups in total. The van der Waals surface area contributed by atoms with E-state index in [1.54, 1.807) is 6.20 Å². The zero-order chi connectivity index (χ0) is 14.8. The Labute approximate surface area is 122 Å². The van der Waals surface area contributed by atoms with Crippen LogP contribution < -0.4 is 5.32 Å². The van der Waals surface area contributed by atoms with Crippen molar-refractivity contribution >= 4 is 22.8 Å². The minimum absolute atomic E-state index is 0.0399. The van der Waals surface area contributed by atoms with Crippen molar-refractivity contribution in [1.29, 1.82) is 0 Å². The summed E-state index contributed by atoms with van der Waals surface area (Å²) in [6.07, 6.45) is 5.99. The number of amides is 1. The van der Waals surface area contributed by atoms with E-state index in [-0.39, 0.29) is 5.91 Å². The van der Waals surface area contributed by atoms with Gasteiger partial charge in [0.2, 0.25) is 5.91 Å². The molecule has 0 spiro atoms. The van der Waals surface area contributed by atoms with E-state index in [4.69, 9.17) is 0 Å². The van der Waals surface area contributed by atoms with Crippen molar-refractivity contribution < 1.29 is 4.79 Å². The summed E-state index contributed by atoms with van der Waals surface area (Å²) in [5.74, 6) is 0.763. The standard InChI is InChI=1S/C8H8N2O.C8H8N2/c1-5-2-6-3-7(11)10-8(6)9-4-5;1-6-4-7-2-3-9-8(7)10-5-6/h2,4H,3H2,1H3,(H,9,10,11);2-5H,1H3,(H,9,10). The maximum Gasteiger partial charge on any atom is 0.230 e. The number of H-pyrrole nitrogens is 1. The number of aromatic amines is 1. The zero-order valence-corrected chi connectivity index (χ0v) is 12.0. The topological polar surface area (TPSA) is 70.7 Å². The number of aryl methyl sites for hydroxylation is 2. The Kier molecular flexibility index (Phi) is 3.39. The SMILES string of the molecule is Cc1cnc2[nH]ccc2c1.Cc1cnc2c(c1)CC(=O)N2. The van der Waals surface area contributed by atoms with Crippen LogP contribution in [0.4, 0.5) is 5.82 Å². The lowest BCUT2D eigenvalue weighted by atomic mass is 10.2. The van der Waals surface area contributed by atoms with Crippen LogP contribution >= 0.6 is 0 Å². The van der Waals surface area contributed by atoms with Gasteiger partial charge in [-0.2, -0.15) is 0 Å². The molecular formula is C16H16N4O. The van der Waals surface area contributed by atoms with Crippen LogP contribution in [0.1, 0.15) is 16.7 Å². The number of hydrogen-bond acceptors (Lipinski definition) is 3. The van der Waals surface area contributed by atoms with Gasteiger partial charge in [0.25, 0.3) is 0 Å². The van der Waals surface area contributed by atoms with Crippen molar-refractivity contribution in [3.05, 3.63) is 53.5 Å². The molecule has 1 aliphatic rings. The molecule has 0 saturated carbocycles. The number of nitrogens with one attached hydrogen (secondary N) is 2. The Morgan fingerprint density at radius 2 is 1.86 bits per heavy atom. The van der Waals surface area contributed by atoms with Gasteiger partial charge in [-0.3, -0.25) is 4.79 Å². The maximum absolute atomic E-state index is 10.9. The fourth-order valence-corrected chi connectivity index (χ4v) is 2.28. The van der Waals surface area contributed by atoms with Crippen molar-refractivity contribution in [1.82, 2.24) is 15.0 Å². The summed E-state index contributed by atoms with van der Waals surface area (Å²) in [6, 6.07) is 6.12. The van der Waals surface area contributed by atoms with Crippen LogP contribution in [-0.4, -0.2) is 20.9 Å². The second-order valence-electron chi connectivity index (χ2n) is 5.17. The lowest BCUT2D eigenvalue weighted by molar-refractivity contribution is -0.115. The highest BCUT2D eigenvalue weighted by Crippen LogP contribution is 2.20. The Morgan fingerprint density at radius 3 is 2.71 bits per heavy atom. The van der Waals surface area contributed by atoms with Crippen LogP contribution in [0, 0.1) is 13.8 Å². The van der Waals surface area contributed by atoms with Crippen LogP contribution in [-0.2, 0) is 11.2 Å². The number of anilines is 1. The predicted molar refractivity (Wildman–Crippen MR) is 82.1 cm³/mol. The molecule has 0 aromatic carbocycles. The Balaban J connectivity index is 0.000000126. The van der Waals surface area contributed by atoms with Gasteiger partial charge < -0.3 is 10.3 Å². The molecule has 0 atom stereocenters. The fourth-order valence-electron chi connectivity index (χ4n) is 2.28. The summed E-state index contributed by atoms with van der Waals surface area (Å²) in [7, 11) is 0. The number of aromatic nitrogens is 3. The number of fused-ring (bicyclic) bond motifs is 2. The van der Waals surface area contributed by atoms with E-state index in [0.717, 1.165) is 22.6 Å². The molecule has 5 nitrogen and oxygen atoms in total. The largest absolute Gasteiger partial charge is 0.346 e. The molecule has 5 heteroatoms. The highest BCUT2D eigenvalue weighted by molar-refractivity contribution is 5.97. The molecule has 0 fully saturated rings. The van der Waals surface area contributed by atoms with E-state index in [9.17, 15) is 4.79 Å². The summed E-state index contributed by atoms with van der Waals surface area (Å²) in [5.41, 5.74) is 4.27. The summed E-state index contributed by atoms with van der Waals surface area (Å²) in [4.78, 5) is 22.2. The summed E-state index contributed by atoms with van der Waals surface area (Å²) in [5, 5.41) is 3.86. The first-order chi connectivity index (χ1) is 10.1.